The molecule has 0 atom stereocenters. The van der Waals surface area contributed by atoms with E-state index in [1.54, 1.807) is 24.4 Å². The van der Waals surface area contributed by atoms with Gasteiger partial charge >= 0.3 is 0 Å². The Kier molecular flexibility index (Phi) is 3.77. The van der Waals surface area contributed by atoms with Crippen LogP contribution in [0, 0.1) is 6.92 Å². The van der Waals surface area contributed by atoms with Gasteiger partial charge in [0.2, 0.25) is 0 Å². The molecule has 1 aliphatic heterocycles. The third-order valence-corrected chi connectivity index (χ3v) is 3.52. The summed E-state index contributed by atoms with van der Waals surface area (Å²) >= 11 is 3.26. The highest BCUT2D eigenvalue weighted by Gasteiger charge is 2.15. The van der Waals surface area contributed by atoms with Crippen molar-refractivity contribution in [1.29, 1.82) is 0 Å². The van der Waals surface area contributed by atoms with Crippen LogP contribution >= 0.6 is 15.9 Å². The van der Waals surface area contributed by atoms with Crippen LogP contribution in [0.3, 0.4) is 0 Å². The summed E-state index contributed by atoms with van der Waals surface area (Å²) < 4.78 is 0.709. The number of nitrogens with zero attached hydrogens (tertiary/aromatic N) is 3. The summed E-state index contributed by atoms with van der Waals surface area (Å²) in [6.45, 7) is 1.94. The lowest BCUT2D eigenvalue weighted by atomic mass is 10.1. The van der Waals surface area contributed by atoms with Crippen molar-refractivity contribution in [3.63, 3.8) is 0 Å². The zero-order valence-corrected chi connectivity index (χ0v) is 13.2. The number of ketones is 1. The number of carbonyl (C=O) groups excluding carboxylic acids is 2. The molecule has 1 amide bonds. The van der Waals surface area contributed by atoms with Gasteiger partial charge in [-0.2, -0.15) is 0 Å². The first-order chi connectivity index (χ1) is 10.5. The summed E-state index contributed by atoms with van der Waals surface area (Å²) in [6, 6.07) is 8.75. The van der Waals surface area contributed by atoms with Crippen molar-refractivity contribution in [2.45, 2.75) is 6.92 Å². The summed E-state index contributed by atoms with van der Waals surface area (Å²) in [4.78, 5) is 36.2. The summed E-state index contributed by atoms with van der Waals surface area (Å²) in [5.74, 6) is -0.837. The smallest absolute Gasteiger partial charge is 0.289 e. The number of pyridine rings is 1. The van der Waals surface area contributed by atoms with Crippen LogP contribution in [0.15, 0.2) is 62.8 Å². The maximum absolute atomic E-state index is 12.2. The Bertz CT molecular complexity index is 931. The molecule has 0 radical (unpaired) electrons. The Labute approximate surface area is 134 Å². The van der Waals surface area contributed by atoms with Gasteiger partial charge in [-0.15, -0.1) is 0 Å². The number of hydrogen-bond donors (Lipinski definition) is 0. The lowest BCUT2D eigenvalue weighted by Crippen LogP contribution is -2.33. The van der Waals surface area contributed by atoms with Gasteiger partial charge in [-0.25, -0.2) is 15.0 Å². The summed E-state index contributed by atoms with van der Waals surface area (Å²) in [5, 5.41) is 0.388. The first kappa shape index (κ1) is 14.5. The van der Waals surface area contributed by atoms with Crippen molar-refractivity contribution in [2.75, 3.05) is 0 Å². The quantitative estimate of drug-likeness (QED) is 0.607. The summed E-state index contributed by atoms with van der Waals surface area (Å²) in [6.07, 6.45) is 2.76. The monoisotopic (exact) mass is 355 g/mol. The normalized spacial score (nSPS) is 15.0. The standard InChI is InChI=1S/C16H10BrN3O2/c1-9-2-4-10(5-3-9)14(21)7-13-16(22)20-12-6-11(17)8-18-15(12)19-13/h2-8H,1H3/b13-7-. The van der Waals surface area contributed by atoms with Crippen LogP contribution in [0.1, 0.15) is 15.9 Å². The van der Waals surface area contributed by atoms with Crippen molar-refractivity contribution in [3.05, 3.63) is 74.7 Å². The van der Waals surface area contributed by atoms with Crippen molar-refractivity contribution in [2.24, 2.45) is 9.98 Å². The number of aromatic nitrogens is 1. The number of amides is 1. The largest absolute Gasteiger partial charge is 0.296 e. The molecule has 0 bridgehead atoms. The molecule has 0 spiro atoms. The molecule has 1 aromatic heterocycles. The van der Waals surface area contributed by atoms with E-state index in [-0.39, 0.29) is 11.5 Å². The van der Waals surface area contributed by atoms with Gasteiger partial charge in [0.1, 0.15) is 11.1 Å². The molecule has 0 saturated heterocycles. The molecular formula is C16H10BrN3O2. The molecule has 1 aromatic carbocycles. The van der Waals surface area contributed by atoms with Gasteiger partial charge in [0.05, 0.1) is 0 Å². The minimum Gasteiger partial charge on any atom is -0.289 e. The molecular weight excluding hydrogens is 346 g/mol. The van der Waals surface area contributed by atoms with E-state index in [1.807, 2.05) is 19.1 Å². The second-order valence-electron chi connectivity index (χ2n) is 4.78. The fourth-order valence-corrected chi connectivity index (χ4v) is 2.26. The molecule has 1 aliphatic rings. The average molecular weight is 356 g/mol. The molecule has 2 heterocycles. The van der Waals surface area contributed by atoms with Gasteiger partial charge in [0.15, 0.2) is 11.3 Å². The highest BCUT2D eigenvalue weighted by atomic mass is 79.9. The van der Waals surface area contributed by atoms with Crippen molar-refractivity contribution >= 4 is 27.6 Å². The molecule has 6 heteroatoms. The van der Waals surface area contributed by atoms with E-state index in [4.69, 9.17) is 0 Å². The highest BCUT2D eigenvalue weighted by Crippen LogP contribution is 2.09. The van der Waals surface area contributed by atoms with Crippen molar-refractivity contribution in [1.82, 2.24) is 4.98 Å². The molecule has 108 valence electrons. The number of rotatable bonds is 2. The molecule has 2 aromatic rings. The molecule has 0 saturated carbocycles. The first-order valence-corrected chi connectivity index (χ1v) is 7.28. The Morgan fingerprint density at radius 2 is 1.91 bits per heavy atom. The number of allylic oxidation sites excluding steroid dienone is 1. The maximum atomic E-state index is 12.2. The molecule has 5 nitrogen and oxygen atoms in total. The third kappa shape index (κ3) is 2.92. The summed E-state index contributed by atoms with van der Waals surface area (Å²) in [5.41, 5.74) is 1.87. The zero-order valence-electron chi connectivity index (χ0n) is 11.6. The lowest BCUT2D eigenvalue weighted by Gasteiger charge is -2.02. The minimum absolute atomic E-state index is 0.00658. The zero-order chi connectivity index (χ0) is 15.7. The van der Waals surface area contributed by atoms with Crippen molar-refractivity contribution < 1.29 is 9.59 Å². The Balaban J connectivity index is 2.01. The predicted octanol–water partition coefficient (Wildman–Crippen LogP) is 1.70. The third-order valence-electron chi connectivity index (χ3n) is 3.09. The fraction of sp³-hybridized carbons (Fsp3) is 0.0625. The molecule has 3 rings (SSSR count). The molecule has 0 aliphatic carbocycles. The number of hydrogen-bond acceptors (Lipinski definition) is 4. The Morgan fingerprint density at radius 1 is 1.18 bits per heavy atom. The van der Waals surface area contributed by atoms with Gasteiger partial charge in [0.25, 0.3) is 5.91 Å². The van der Waals surface area contributed by atoms with Crippen molar-refractivity contribution in [3.8, 4) is 0 Å². The van der Waals surface area contributed by atoms with Crippen LogP contribution in [0.4, 0.5) is 0 Å². The SMILES string of the molecule is Cc1ccc(C(=O)/C=C2\N=c3ncc(Br)cc3=NC2=O)cc1. The van der Waals surface area contributed by atoms with Gasteiger partial charge in [-0.1, -0.05) is 29.8 Å². The van der Waals surface area contributed by atoms with E-state index in [1.165, 1.54) is 6.08 Å². The van der Waals surface area contributed by atoms with E-state index in [2.05, 4.69) is 30.9 Å². The topological polar surface area (TPSA) is 71.8 Å². The van der Waals surface area contributed by atoms with Gasteiger partial charge < -0.3 is 0 Å². The maximum Gasteiger partial charge on any atom is 0.296 e. The van der Waals surface area contributed by atoms with Gasteiger partial charge in [-0.05, 0) is 28.9 Å². The Morgan fingerprint density at radius 3 is 2.64 bits per heavy atom. The number of benzene rings is 1. The van der Waals surface area contributed by atoms with Gasteiger partial charge in [0, 0.05) is 22.3 Å². The Hall–Kier alpha value is -2.47. The lowest BCUT2D eigenvalue weighted by molar-refractivity contribution is -0.114. The highest BCUT2D eigenvalue weighted by molar-refractivity contribution is 9.10. The van der Waals surface area contributed by atoms with E-state index in [0.29, 0.717) is 20.9 Å². The molecule has 0 fully saturated rings. The van der Waals surface area contributed by atoms with Crippen LogP contribution in [0.25, 0.3) is 0 Å². The van der Waals surface area contributed by atoms with Crippen LogP contribution < -0.4 is 10.8 Å². The van der Waals surface area contributed by atoms with E-state index < -0.39 is 5.91 Å². The first-order valence-electron chi connectivity index (χ1n) is 6.49. The van der Waals surface area contributed by atoms with E-state index in [0.717, 1.165) is 5.56 Å². The molecule has 0 unspecified atom stereocenters. The van der Waals surface area contributed by atoms with Gasteiger partial charge in [-0.3, -0.25) is 9.59 Å². The van der Waals surface area contributed by atoms with E-state index >= 15 is 0 Å². The second kappa shape index (κ2) is 5.73. The van der Waals surface area contributed by atoms with Crippen LogP contribution in [0.5, 0.6) is 0 Å². The average Bonchev–Trinajstić information content (AvgIpc) is 2.49. The molecule has 0 N–H and O–H groups in total. The number of halogens is 1. The number of fused-ring (bicyclic) bond motifs is 1. The summed E-state index contributed by atoms with van der Waals surface area (Å²) in [7, 11) is 0. The number of carbonyl (C=O) groups is 2. The van der Waals surface area contributed by atoms with Crippen LogP contribution in [-0.4, -0.2) is 16.7 Å². The van der Waals surface area contributed by atoms with Crippen LogP contribution in [0.2, 0.25) is 0 Å². The van der Waals surface area contributed by atoms with Crippen LogP contribution in [-0.2, 0) is 4.79 Å². The number of aryl methyl sites for hydroxylation is 1. The van der Waals surface area contributed by atoms with E-state index in [9.17, 15) is 9.59 Å². The second-order valence-corrected chi connectivity index (χ2v) is 5.70. The predicted molar refractivity (Wildman–Crippen MR) is 82.8 cm³/mol. The minimum atomic E-state index is -0.548. The fourth-order valence-electron chi connectivity index (χ4n) is 1.94. The molecule has 22 heavy (non-hydrogen) atoms.